The second-order valence-corrected chi connectivity index (χ2v) is 7.58. The van der Waals surface area contributed by atoms with Crippen LogP contribution in [0.2, 0.25) is 0 Å². The van der Waals surface area contributed by atoms with Crippen molar-refractivity contribution in [1.29, 1.82) is 0 Å². The van der Waals surface area contributed by atoms with Crippen molar-refractivity contribution in [2.75, 3.05) is 19.8 Å². The van der Waals surface area contributed by atoms with E-state index in [-0.39, 0.29) is 11.9 Å². The lowest BCUT2D eigenvalue weighted by Gasteiger charge is -2.23. The van der Waals surface area contributed by atoms with Gasteiger partial charge in [0.2, 0.25) is 5.91 Å². The molecule has 4 rings (SSSR count). The highest BCUT2D eigenvalue weighted by atomic mass is 16.6. The quantitative estimate of drug-likeness (QED) is 0.784. The molecule has 0 spiro atoms. The van der Waals surface area contributed by atoms with E-state index in [0.717, 1.165) is 41.2 Å². The summed E-state index contributed by atoms with van der Waals surface area (Å²) in [5.41, 5.74) is 3.39. The molecule has 2 aromatic rings. The second kappa shape index (κ2) is 8.13. The summed E-state index contributed by atoms with van der Waals surface area (Å²) in [6.45, 7) is 5.61. The summed E-state index contributed by atoms with van der Waals surface area (Å²) >= 11 is 0. The van der Waals surface area contributed by atoms with Gasteiger partial charge in [-0.05, 0) is 67.5 Å². The van der Waals surface area contributed by atoms with Gasteiger partial charge in [0.05, 0.1) is 19.1 Å². The van der Waals surface area contributed by atoms with Crippen molar-refractivity contribution in [2.24, 2.45) is 5.92 Å². The van der Waals surface area contributed by atoms with Crippen LogP contribution >= 0.6 is 0 Å². The maximum atomic E-state index is 12.5. The van der Waals surface area contributed by atoms with E-state index < -0.39 is 0 Å². The van der Waals surface area contributed by atoms with Crippen LogP contribution in [0.15, 0.2) is 36.4 Å². The van der Waals surface area contributed by atoms with Crippen LogP contribution in [-0.4, -0.2) is 25.7 Å². The first-order chi connectivity index (χ1) is 13.6. The average Bonchev–Trinajstić information content (AvgIpc) is 3.54. The van der Waals surface area contributed by atoms with E-state index in [4.69, 9.17) is 14.2 Å². The first-order valence-electron chi connectivity index (χ1n) is 10.00. The van der Waals surface area contributed by atoms with Crippen LogP contribution in [0.1, 0.15) is 42.0 Å². The molecule has 0 bridgehead atoms. The minimum Gasteiger partial charge on any atom is -0.493 e. The van der Waals surface area contributed by atoms with Crippen molar-refractivity contribution in [3.8, 4) is 17.2 Å². The summed E-state index contributed by atoms with van der Waals surface area (Å²) in [6, 6.07) is 12.0. The van der Waals surface area contributed by atoms with Crippen LogP contribution in [0.3, 0.4) is 0 Å². The maximum Gasteiger partial charge on any atom is 0.223 e. The Bertz CT molecular complexity index is 860. The lowest BCUT2D eigenvalue weighted by Crippen LogP contribution is -2.31. The highest BCUT2D eigenvalue weighted by Gasteiger charge is 2.34. The highest BCUT2D eigenvalue weighted by Crippen LogP contribution is 2.43. The van der Waals surface area contributed by atoms with E-state index in [1.165, 1.54) is 5.56 Å². The molecule has 28 heavy (non-hydrogen) atoms. The van der Waals surface area contributed by atoms with Crippen LogP contribution < -0.4 is 19.5 Å². The standard InChI is InChI=1S/C23H27NO4/c1-15-4-3-5-19(16(15)2)26-11-10-22(25)24-23(17-6-7-17)18-8-9-20-21(14-18)28-13-12-27-20/h3-5,8-9,14,17,23H,6-7,10-13H2,1-2H3,(H,24,25). The lowest BCUT2D eigenvalue weighted by atomic mass is 10.0. The number of benzene rings is 2. The Morgan fingerprint density at radius 1 is 1.14 bits per heavy atom. The van der Waals surface area contributed by atoms with Gasteiger partial charge in [-0.2, -0.15) is 0 Å². The van der Waals surface area contributed by atoms with E-state index in [1.807, 2.05) is 37.3 Å². The molecule has 0 aromatic heterocycles. The normalized spacial score (nSPS) is 16.4. The topological polar surface area (TPSA) is 56.8 Å². The largest absolute Gasteiger partial charge is 0.493 e. The Kier molecular flexibility index (Phi) is 5.42. The van der Waals surface area contributed by atoms with E-state index in [9.17, 15) is 4.79 Å². The fourth-order valence-corrected chi connectivity index (χ4v) is 3.54. The van der Waals surface area contributed by atoms with Crippen LogP contribution in [0, 0.1) is 19.8 Å². The second-order valence-electron chi connectivity index (χ2n) is 7.58. The predicted molar refractivity (Wildman–Crippen MR) is 107 cm³/mol. The fraction of sp³-hybridized carbons (Fsp3) is 0.435. The van der Waals surface area contributed by atoms with Gasteiger partial charge in [-0.15, -0.1) is 0 Å². The van der Waals surface area contributed by atoms with Crippen LogP contribution in [0.25, 0.3) is 0 Å². The van der Waals surface area contributed by atoms with E-state index in [1.54, 1.807) is 0 Å². The lowest BCUT2D eigenvalue weighted by molar-refractivity contribution is -0.122. The molecule has 0 radical (unpaired) electrons. The fourth-order valence-electron chi connectivity index (χ4n) is 3.54. The molecule has 1 N–H and O–H groups in total. The number of nitrogens with one attached hydrogen (secondary N) is 1. The van der Waals surface area contributed by atoms with Gasteiger partial charge in [0.15, 0.2) is 11.5 Å². The third-order valence-corrected chi connectivity index (χ3v) is 5.48. The maximum absolute atomic E-state index is 12.5. The molecule has 1 fully saturated rings. The number of hydrogen-bond donors (Lipinski definition) is 1. The molecule has 5 nitrogen and oxygen atoms in total. The van der Waals surface area contributed by atoms with Gasteiger partial charge in [0, 0.05) is 0 Å². The zero-order valence-electron chi connectivity index (χ0n) is 16.5. The number of carbonyl (C=O) groups is 1. The zero-order chi connectivity index (χ0) is 19.5. The molecule has 2 aromatic carbocycles. The summed E-state index contributed by atoms with van der Waals surface area (Å²) in [4.78, 5) is 12.5. The van der Waals surface area contributed by atoms with Crippen LogP contribution in [0.5, 0.6) is 17.2 Å². The van der Waals surface area contributed by atoms with Gasteiger partial charge in [-0.25, -0.2) is 0 Å². The Morgan fingerprint density at radius 2 is 1.93 bits per heavy atom. The number of aryl methyl sites for hydroxylation is 1. The summed E-state index contributed by atoms with van der Waals surface area (Å²) < 4.78 is 17.1. The van der Waals surface area contributed by atoms with Gasteiger partial charge in [0.25, 0.3) is 0 Å². The monoisotopic (exact) mass is 381 g/mol. The molecule has 1 aliphatic heterocycles. The highest BCUT2D eigenvalue weighted by molar-refractivity contribution is 5.76. The smallest absolute Gasteiger partial charge is 0.223 e. The first-order valence-corrected chi connectivity index (χ1v) is 10.00. The van der Waals surface area contributed by atoms with Crippen molar-refractivity contribution in [3.05, 3.63) is 53.1 Å². The van der Waals surface area contributed by atoms with Crippen LogP contribution in [0.4, 0.5) is 0 Å². The molecule has 0 saturated heterocycles. The number of carbonyl (C=O) groups excluding carboxylic acids is 1. The SMILES string of the molecule is Cc1cccc(OCCC(=O)NC(c2ccc3c(c2)OCCO3)C2CC2)c1C. The van der Waals surface area contributed by atoms with Gasteiger partial charge >= 0.3 is 0 Å². The van der Waals surface area contributed by atoms with Gasteiger partial charge in [-0.1, -0.05) is 18.2 Å². The summed E-state index contributed by atoms with van der Waals surface area (Å²) in [5, 5.41) is 3.20. The number of hydrogen-bond acceptors (Lipinski definition) is 4. The average molecular weight is 381 g/mol. The van der Waals surface area contributed by atoms with E-state index in [2.05, 4.69) is 18.3 Å². The summed E-state index contributed by atoms with van der Waals surface area (Å²) in [5.74, 6) is 2.89. The first kappa shape index (κ1) is 18.7. The van der Waals surface area contributed by atoms with E-state index >= 15 is 0 Å². The summed E-state index contributed by atoms with van der Waals surface area (Å²) in [6.07, 6.45) is 2.61. The van der Waals surface area contributed by atoms with Gasteiger partial charge in [-0.3, -0.25) is 4.79 Å². The Hall–Kier alpha value is -2.69. The van der Waals surface area contributed by atoms with Crippen molar-refractivity contribution in [3.63, 3.8) is 0 Å². The summed E-state index contributed by atoms with van der Waals surface area (Å²) in [7, 11) is 0. The molecule has 1 unspecified atom stereocenters. The Balaban J connectivity index is 1.36. The molecule has 1 aliphatic carbocycles. The third-order valence-electron chi connectivity index (χ3n) is 5.48. The van der Waals surface area contributed by atoms with Crippen molar-refractivity contribution < 1.29 is 19.0 Å². The van der Waals surface area contributed by atoms with Crippen molar-refractivity contribution in [2.45, 2.75) is 39.2 Å². The zero-order valence-corrected chi connectivity index (χ0v) is 16.5. The van der Waals surface area contributed by atoms with Crippen molar-refractivity contribution in [1.82, 2.24) is 5.32 Å². The number of fused-ring (bicyclic) bond motifs is 1. The molecular formula is C23H27NO4. The molecular weight excluding hydrogens is 354 g/mol. The Morgan fingerprint density at radius 3 is 2.71 bits per heavy atom. The molecule has 148 valence electrons. The molecule has 2 aliphatic rings. The predicted octanol–water partition coefficient (Wildman–Crippen LogP) is 4.11. The minimum atomic E-state index is 0.0112. The third kappa shape index (κ3) is 4.24. The molecule has 1 saturated carbocycles. The molecule has 1 heterocycles. The molecule has 1 amide bonds. The van der Waals surface area contributed by atoms with E-state index in [0.29, 0.717) is 32.2 Å². The van der Waals surface area contributed by atoms with Gasteiger partial charge < -0.3 is 19.5 Å². The molecule has 5 heteroatoms. The van der Waals surface area contributed by atoms with Gasteiger partial charge in [0.1, 0.15) is 19.0 Å². The number of amides is 1. The van der Waals surface area contributed by atoms with Crippen molar-refractivity contribution >= 4 is 5.91 Å². The minimum absolute atomic E-state index is 0.0112. The number of ether oxygens (including phenoxy) is 3. The van der Waals surface area contributed by atoms with Crippen LogP contribution in [-0.2, 0) is 4.79 Å². The Labute approximate surface area is 166 Å². The molecule has 1 atom stereocenters. The number of rotatable bonds is 7.